The minimum Gasteiger partial charge on any atom is -0.365 e. The van der Waals surface area contributed by atoms with Crippen LogP contribution in [0.5, 0.6) is 0 Å². The molecule has 0 fully saturated rings. The van der Waals surface area contributed by atoms with Gasteiger partial charge in [0.25, 0.3) is 0 Å². The highest BCUT2D eigenvalue weighted by atomic mass is 14.9. The summed E-state index contributed by atoms with van der Waals surface area (Å²) in [5.74, 6) is 1.27. The Morgan fingerprint density at radius 3 is 2.75 bits per heavy atom. The Kier molecular flexibility index (Phi) is 3.15. The van der Waals surface area contributed by atoms with Gasteiger partial charge in [-0.15, -0.1) is 0 Å². The van der Waals surface area contributed by atoms with Crippen molar-refractivity contribution < 1.29 is 1.43 Å². The fourth-order valence-corrected chi connectivity index (χ4v) is 1.52. The quantitative estimate of drug-likeness (QED) is 0.581. The number of allylic oxidation sites excluding steroid dienone is 4. The van der Waals surface area contributed by atoms with Crippen LogP contribution in [0.25, 0.3) is 0 Å². The molecule has 0 saturated carbocycles. The zero-order valence-corrected chi connectivity index (χ0v) is 8.04. The van der Waals surface area contributed by atoms with Crippen molar-refractivity contribution in [3.05, 3.63) is 36.2 Å². The Balaban J connectivity index is 0.000000451. The minimum absolute atomic E-state index is 0. The van der Waals surface area contributed by atoms with Gasteiger partial charge in [-0.3, -0.25) is 0 Å². The number of nitrogens with one attached hydrogen (secondary N) is 1. The molecule has 0 saturated heterocycles. The van der Waals surface area contributed by atoms with Crippen molar-refractivity contribution in [3.8, 4) is 0 Å². The summed E-state index contributed by atoms with van der Waals surface area (Å²) < 4.78 is 0. The largest absolute Gasteiger partial charge is 0.365 e. The van der Waals surface area contributed by atoms with Crippen LogP contribution in [-0.4, -0.2) is 0 Å². The van der Waals surface area contributed by atoms with Crippen molar-refractivity contribution >= 4 is 0 Å². The lowest BCUT2D eigenvalue weighted by Crippen LogP contribution is -2.14. The van der Waals surface area contributed by atoms with Crippen molar-refractivity contribution in [2.24, 2.45) is 11.8 Å². The van der Waals surface area contributed by atoms with Crippen LogP contribution in [0.3, 0.4) is 0 Å². The molecule has 0 bridgehead atoms. The zero-order valence-electron chi connectivity index (χ0n) is 8.04. The van der Waals surface area contributed by atoms with Crippen LogP contribution in [0.15, 0.2) is 36.2 Å². The third-order valence-corrected chi connectivity index (χ3v) is 2.17. The number of hydrogen-bond donors (Lipinski definition) is 1. The fourth-order valence-electron chi connectivity index (χ4n) is 1.52. The molecule has 0 spiro atoms. The first kappa shape index (κ1) is 9.11. The Hall–Kier alpha value is -0.980. The monoisotopic (exact) mass is 165 g/mol. The molecule has 1 N–H and O–H groups in total. The molecule has 2 rings (SSSR count). The molecule has 0 radical (unpaired) electrons. The van der Waals surface area contributed by atoms with E-state index in [-0.39, 0.29) is 1.43 Å². The van der Waals surface area contributed by atoms with Gasteiger partial charge < -0.3 is 5.32 Å². The van der Waals surface area contributed by atoms with Crippen molar-refractivity contribution in [2.45, 2.75) is 20.8 Å². The van der Waals surface area contributed by atoms with E-state index in [1.807, 2.05) is 20.0 Å². The molecular formula is C11H19N. The first-order chi connectivity index (χ1) is 5.88. The predicted molar refractivity (Wildman–Crippen MR) is 55.6 cm³/mol. The van der Waals surface area contributed by atoms with E-state index < -0.39 is 0 Å². The third kappa shape index (κ3) is 1.60. The highest BCUT2D eigenvalue weighted by Gasteiger charge is 2.21. The van der Waals surface area contributed by atoms with Crippen LogP contribution in [0.2, 0.25) is 0 Å². The lowest BCUT2D eigenvalue weighted by Gasteiger charge is -2.18. The number of fused-ring (bicyclic) bond motifs is 1. The molecule has 68 valence electrons. The lowest BCUT2D eigenvalue weighted by atomic mass is 9.89. The van der Waals surface area contributed by atoms with Gasteiger partial charge >= 0.3 is 0 Å². The Morgan fingerprint density at radius 1 is 1.33 bits per heavy atom. The third-order valence-electron chi connectivity index (χ3n) is 2.17. The second kappa shape index (κ2) is 4.15. The van der Waals surface area contributed by atoms with Crippen LogP contribution in [0, 0.1) is 11.8 Å². The Morgan fingerprint density at radius 2 is 2.08 bits per heavy atom. The standard InChI is InChI=1S/C9H11N.C2H6.H2/c1-7-3-2-4-9-8(7)5-6-10-9;1-2;/h2-8,10H,1H3;1-2H3;1H. The van der Waals surface area contributed by atoms with E-state index >= 15 is 0 Å². The molecule has 0 aromatic heterocycles. The van der Waals surface area contributed by atoms with Crippen molar-refractivity contribution in [1.82, 2.24) is 5.32 Å². The smallest absolute Gasteiger partial charge is 0.0247 e. The van der Waals surface area contributed by atoms with E-state index in [4.69, 9.17) is 0 Å². The van der Waals surface area contributed by atoms with Crippen molar-refractivity contribution in [1.29, 1.82) is 0 Å². The summed E-state index contributed by atoms with van der Waals surface area (Å²) in [6.45, 7) is 6.24. The van der Waals surface area contributed by atoms with Gasteiger partial charge in [0, 0.05) is 13.0 Å². The highest BCUT2D eigenvalue weighted by Crippen LogP contribution is 2.28. The van der Waals surface area contributed by atoms with Gasteiger partial charge in [-0.25, -0.2) is 0 Å². The van der Waals surface area contributed by atoms with Gasteiger partial charge in [-0.05, 0) is 18.2 Å². The second-order valence-electron chi connectivity index (χ2n) is 2.90. The zero-order chi connectivity index (χ0) is 8.97. The van der Waals surface area contributed by atoms with Crippen LogP contribution < -0.4 is 5.32 Å². The van der Waals surface area contributed by atoms with E-state index in [9.17, 15) is 0 Å². The van der Waals surface area contributed by atoms with Crippen LogP contribution >= 0.6 is 0 Å². The van der Waals surface area contributed by atoms with Crippen molar-refractivity contribution in [2.75, 3.05) is 0 Å². The number of rotatable bonds is 0. The van der Waals surface area contributed by atoms with Gasteiger partial charge in [0.05, 0.1) is 0 Å². The van der Waals surface area contributed by atoms with E-state index in [0.717, 1.165) is 0 Å². The molecule has 2 atom stereocenters. The highest BCUT2D eigenvalue weighted by molar-refractivity contribution is 5.30. The molecule has 2 unspecified atom stereocenters. The molecule has 1 heteroatoms. The fraction of sp³-hybridized carbons (Fsp3) is 0.455. The molecule has 0 amide bonds. The molecule has 1 nitrogen and oxygen atoms in total. The van der Waals surface area contributed by atoms with Gasteiger partial charge in [-0.2, -0.15) is 0 Å². The average Bonchev–Trinajstić information content (AvgIpc) is 2.57. The molecule has 12 heavy (non-hydrogen) atoms. The summed E-state index contributed by atoms with van der Waals surface area (Å²) in [6, 6.07) is 0. The van der Waals surface area contributed by atoms with Gasteiger partial charge in [0.2, 0.25) is 0 Å². The van der Waals surface area contributed by atoms with Crippen molar-refractivity contribution in [3.63, 3.8) is 0 Å². The second-order valence-corrected chi connectivity index (χ2v) is 2.90. The molecule has 1 heterocycles. The van der Waals surface area contributed by atoms with Gasteiger partial charge in [-0.1, -0.05) is 39.0 Å². The Labute approximate surface area is 76.3 Å². The number of hydrogen-bond acceptors (Lipinski definition) is 1. The summed E-state index contributed by atoms with van der Waals surface area (Å²) in [6.07, 6.45) is 10.8. The summed E-state index contributed by atoms with van der Waals surface area (Å²) in [4.78, 5) is 0. The SMILES string of the molecule is CC.CC1C=CC=C2NC=CC21.[HH]. The average molecular weight is 165 g/mol. The summed E-state index contributed by atoms with van der Waals surface area (Å²) in [7, 11) is 0. The Bertz CT molecular complexity index is 228. The summed E-state index contributed by atoms with van der Waals surface area (Å²) in [5.41, 5.74) is 1.34. The van der Waals surface area contributed by atoms with E-state index in [1.54, 1.807) is 0 Å². The molecule has 1 aliphatic heterocycles. The van der Waals surface area contributed by atoms with E-state index in [0.29, 0.717) is 11.8 Å². The molecule has 2 aliphatic rings. The first-order valence-corrected chi connectivity index (χ1v) is 4.69. The van der Waals surface area contributed by atoms with Gasteiger partial charge in [0.1, 0.15) is 0 Å². The maximum atomic E-state index is 3.22. The maximum Gasteiger partial charge on any atom is 0.0247 e. The molecular weight excluding hydrogens is 146 g/mol. The van der Waals surface area contributed by atoms with E-state index in [2.05, 4.69) is 36.5 Å². The maximum absolute atomic E-state index is 3.22. The van der Waals surface area contributed by atoms with Crippen LogP contribution in [-0.2, 0) is 0 Å². The molecule has 1 aliphatic carbocycles. The van der Waals surface area contributed by atoms with Crippen LogP contribution in [0.1, 0.15) is 22.2 Å². The topological polar surface area (TPSA) is 12.0 Å². The predicted octanol–water partition coefficient (Wildman–Crippen LogP) is 3.08. The molecule has 0 aromatic carbocycles. The lowest BCUT2D eigenvalue weighted by molar-refractivity contribution is 0.574. The normalized spacial score (nSPS) is 29.8. The summed E-state index contributed by atoms with van der Waals surface area (Å²) in [5, 5.41) is 3.22. The van der Waals surface area contributed by atoms with Gasteiger partial charge in [0.15, 0.2) is 0 Å². The minimum atomic E-state index is 0. The van der Waals surface area contributed by atoms with E-state index in [1.165, 1.54) is 5.70 Å². The first-order valence-electron chi connectivity index (χ1n) is 4.69. The molecule has 0 aromatic rings. The van der Waals surface area contributed by atoms with Crippen LogP contribution in [0.4, 0.5) is 0 Å². The summed E-state index contributed by atoms with van der Waals surface area (Å²) >= 11 is 0.